The molecular weight excluding hydrogens is 208 g/mol. The largest absolute Gasteiger partial charge is 0.507 e. The number of phenolic OH excluding ortho intramolecular Hbond substituents is 1. The Morgan fingerprint density at radius 2 is 1.94 bits per heavy atom. The summed E-state index contributed by atoms with van der Waals surface area (Å²) in [5.41, 5.74) is -0.00779. The molecule has 0 aliphatic heterocycles. The fourth-order valence-corrected chi connectivity index (χ4v) is 1.04. The molecule has 5 heteroatoms. The number of carboxylic acid groups (broad SMARTS) is 1. The Balaban J connectivity index is 3.21. The normalized spacial score (nSPS) is 8.62. The zero-order chi connectivity index (χ0) is 12.1. The van der Waals surface area contributed by atoms with E-state index in [4.69, 9.17) is 15.6 Å². The lowest BCUT2D eigenvalue weighted by Crippen LogP contribution is -1.95. The van der Waals surface area contributed by atoms with Crippen LogP contribution in [0.15, 0.2) is 23.8 Å². The van der Waals surface area contributed by atoms with Gasteiger partial charge in [0.1, 0.15) is 23.5 Å². The number of allylic oxidation sites excluding steroid dienone is 1. The third kappa shape index (κ3) is 2.37. The molecule has 16 heavy (non-hydrogen) atoms. The average molecular weight is 214 g/mol. The van der Waals surface area contributed by atoms with Gasteiger partial charge in [0.05, 0.1) is 5.56 Å². The van der Waals surface area contributed by atoms with E-state index in [2.05, 4.69) is 0 Å². The number of nitrogens with zero attached hydrogens (tertiary/aromatic N) is 2. The van der Waals surface area contributed by atoms with Crippen LogP contribution in [-0.2, 0) is 0 Å². The minimum Gasteiger partial charge on any atom is -0.507 e. The quantitative estimate of drug-likeness (QED) is 0.726. The molecule has 0 saturated carbocycles. The van der Waals surface area contributed by atoms with Crippen LogP contribution in [0.4, 0.5) is 0 Å². The second kappa shape index (κ2) is 4.63. The predicted molar refractivity (Wildman–Crippen MR) is 54.3 cm³/mol. The number of rotatable bonds is 2. The van der Waals surface area contributed by atoms with Crippen LogP contribution >= 0.6 is 0 Å². The Morgan fingerprint density at radius 3 is 2.38 bits per heavy atom. The summed E-state index contributed by atoms with van der Waals surface area (Å²) >= 11 is 0. The van der Waals surface area contributed by atoms with E-state index < -0.39 is 5.97 Å². The van der Waals surface area contributed by atoms with Gasteiger partial charge in [0.2, 0.25) is 0 Å². The Morgan fingerprint density at radius 1 is 1.31 bits per heavy atom. The fraction of sp³-hybridized carbons (Fsp3) is 0. The summed E-state index contributed by atoms with van der Waals surface area (Å²) in [6.07, 6.45) is 1.18. The summed E-state index contributed by atoms with van der Waals surface area (Å²) in [6.45, 7) is 0. The maximum absolute atomic E-state index is 10.6. The van der Waals surface area contributed by atoms with Gasteiger partial charge < -0.3 is 10.2 Å². The Kier molecular flexibility index (Phi) is 3.26. The lowest BCUT2D eigenvalue weighted by atomic mass is 10.1. The third-order valence-electron chi connectivity index (χ3n) is 1.82. The van der Waals surface area contributed by atoms with Crippen LogP contribution in [0.1, 0.15) is 15.9 Å². The zero-order valence-corrected chi connectivity index (χ0v) is 8.01. The second-order valence-corrected chi connectivity index (χ2v) is 2.86. The zero-order valence-electron chi connectivity index (χ0n) is 8.01. The van der Waals surface area contributed by atoms with Crippen molar-refractivity contribution in [3.05, 3.63) is 34.9 Å². The summed E-state index contributed by atoms with van der Waals surface area (Å²) in [6, 6.07) is 6.94. The van der Waals surface area contributed by atoms with Crippen LogP contribution < -0.4 is 0 Å². The monoisotopic (exact) mass is 214 g/mol. The van der Waals surface area contributed by atoms with Gasteiger partial charge in [0.15, 0.2) is 0 Å². The van der Waals surface area contributed by atoms with Crippen LogP contribution in [0, 0.1) is 22.7 Å². The van der Waals surface area contributed by atoms with Crippen LogP contribution in [0.5, 0.6) is 5.75 Å². The molecule has 0 aromatic heterocycles. The number of aromatic carboxylic acids is 1. The SMILES string of the molecule is N#CC(C#N)=Cc1ccc(C(=O)O)cc1O. The molecule has 0 saturated heterocycles. The number of nitriles is 2. The summed E-state index contributed by atoms with van der Waals surface area (Å²) in [7, 11) is 0. The van der Waals surface area contributed by atoms with Gasteiger partial charge in [-0.1, -0.05) is 6.07 Å². The first-order valence-electron chi connectivity index (χ1n) is 4.16. The van der Waals surface area contributed by atoms with Crippen molar-refractivity contribution in [3.8, 4) is 17.9 Å². The number of hydrogen-bond acceptors (Lipinski definition) is 4. The number of hydrogen-bond donors (Lipinski definition) is 2. The minimum atomic E-state index is -1.16. The van der Waals surface area contributed by atoms with Gasteiger partial charge in [-0.25, -0.2) is 4.79 Å². The van der Waals surface area contributed by atoms with Gasteiger partial charge in [-0.3, -0.25) is 0 Å². The van der Waals surface area contributed by atoms with E-state index in [1.807, 2.05) is 0 Å². The molecule has 5 nitrogen and oxygen atoms in total. The average Bonchev–Trinajstić information content (AvgIpc) is 2.27. The van der Waals surface area contributed by atoms with E-state index >= 15 is 0 Å². The molecular formula is C11H6N2O3. The minimum absolute atomic E-state index is 0.0647. The highest BCUT2D eigenvalue weighted by Gasteiger charge is 2.06. The molecule has 0 aliphatic carbocycles. The highest BCUT2D eigenvalue weighted by atomic mass is 16.4. The number of carboxylic acids is 1. The molecule has 0 radical (unpaired) electrons. The number of carbonyl (C=O) groups is 1. The van der Waals surface area contributed by atoms with Crippen molar-refractivity contribution in [2.75, 3.05) is 0 Å². The first-order chi connectivity index (χ1) is 7.58. The molecule has 0 bridgehead atoms. The summed E-state index contributed by atoms with van der Waals surface area (Å²) in [5.74, 6) is -1.45. The van der Waals surface area contributed by atoms with E-state index in [1.54, 1.807) is 12.1 Å². The maximum Gasteiger partial charge on any atom is 0.335 e. The van der Waals surface area contributed by atoms with E-state index in [-0.39, 0.29) is 22.4 Å². The smallest absolute Gasteiger partial charge is 0.335 e. The lowest BCUT2D eigenvalue weighted by molar-refractivity contribution is 0.0696. The van der Waals surface area contributed by atoms with E-state index in [0.717, 1.165) is 6.07 Å². The first kappa shape index (κ1) is 11.3. The van der Waals surface area contributed by atoms with Crippen molar-refractivity contribution in [1.29, 1.82) is 10.5 Å². The van der Waals surface area contributed by atoms with Crippen LogP contribution in [0.25, 0.3) is 6.08 Å². The molecule has 0 heterocycles. The molecule has 0 aliphatic rings. The summed E-state index contributed by atoms with van der Waals surface area (Å²) in [5, 5.41) is 35.1. The number of phenols is 1. The molecule has 0 spiro atoms. The Hall–Kier alpha value is -2.79. The molecule has 0 atom stereocenters. The molecule has 2 N–H and O–H groups in total. The lowest BCUT2D eigenvalue weighted by Gasteiger charge is -2.00. The highest BCUT2D eigenvalue weighted by Crippen LogP contribution is 2.21. The highest BCUT2D eigenvalue weighted by molar-refractivity contribution is 5.88. The molecule has 1 aromatic rings. The van der Waals surface area contributed by atoms with Gasteiger partial charge in [-0.05, 0) is 18.2 Å². The second-order valence-electron chi connectivity index (χ2n) is 2.86. The van der Waals surface area contributed by atoms with Crippen molar-refractivity contribution in [2.24, 2.45) is 0 Å². The van der Waals surface area contributed by atoms with Gasteiger partial charge >= 0.3 is 5.97 Å². The van der Waals surface area contributed by atoms with Gasteiger partial charge in [0, 0.05) is 5.56 Å². The van der Waals surface area contributed by atoms with Crippen LogP contribution in [0.3, 0.4) is 0 Å². The van der Waals surface area contributed by atoms with E-state index in [9.17, 15) is 9.90 Å². The van der Waals surface area contributed by atoms with Gasteiger partial charge in [-0.2, -0.15) is 10.5 Å². The molecule has 0 fully saturated rings. The Labute approximate surface area is 91.1 Å². The standard InChI is InChI=1S/C11H6N2O3/c12-5-7(6-13)3-8-1-2-9(11(15)16)4-10(8)14/h1-4,14H,(H,15,16). The van der Waals surface area contributed by atoms with E-state index in [1.165, 1.54) is 18.2 Å². The van der Waals surface area contributed by atoms with Crippen molar-refractivity contribution >= 4 is 12.0 Å². The van der Waals surface area contributed by atoms with Gasteiger partial charge in [0.25, 0.3) is 0 Å². The van der Waals surface area contributed by atoms with Crippen molar-refractivity contribution in [1.82, 2.24) is 0 Å². The summed E-state index contributed by atoms with van der Waals surface area (Å²) in [4.78, 5) is 10.6. The molecule has 0 amide bonds. The van der Waals surface area contributed by atoms with Crippen molar-refractivity contribution in [3.63, 3.8) is 0 Å². The summed E-state index contributed by atoms with van der Waals surface area (Å²) < 4.78 is 0. The van der Waals surface area contributed by atoms with Gasteiger partial charge in [-0.15, -0.1) is 0 Å². The van der Waals surface area contributed by atoms with Crippen molar-refractivity contribution in [2.45, 2.75) is 0 Å². The van der Waals surface area contributed by atoms with E-state index in [0.29, 0.717) is 0 Å². The fourth-order valence-electron chi connectivity index (χ4n) is 1.04. The number of aromatic hydroxyl groups is 1. The van der Waals surface area contributed by atoms with Crippen molar-refractivity contribution < 1.29 is 15.0 Å². The third-order valence-corrected chi connectivity index (χ3v) is 1.82. The maximum atomic E-state index is 10.6. The predicted octanol–water partition coefficient (Wildman–Crippen LogP) is 1.52. The topological polar surface area (TPSA) is 105 Å². The van der Waals surface area contributed by atoms with Crippen LogP contribution in [0.2, 0.25) is 0 Å². The molecule has 1 aromatic carbocycles. The molecule has 78 valence electrons. The first-order valence-corrected chi connectivity index (χ1v) is 4.16. The molecule has 1 rings (SSSR count). The van der Waals surface area contributed by atoms with Crippen LogP contribution in [-0.4, -0.2) is 16.2 Å². The Bertz CT molecular complexity index is 531. The number of benzene rings is 1. The molecule has 0 unspecified atom stereocenters.